The first-order valence-electron chi connectivity index (χ1n) is 11.2. The number of carbonyl (C=O) groups excluding carboxylic acids is 1. The molecule has 1 amide bonds. The molecule has 3 aromatic rings. The highest BCUT2D eigenvalue weighted by Gasteiger charge is 2.13. The second kappa shape index (κ2) is 13.4. The first-order valence-corrected chi connectivity index (χ1v) is 11.6. The maximum absolute atomic E-state index is 12.6. The molecule has 0 unspecified atom stereocenters. The van der Waals surface area contributed by atoms with Gasteiger partial charge in [-0.15, -0.1) is 15.3 Å². The summed E-state index contributed by atoms with van der Waals surface area (Å²) in [6.45, 7) is 2.93. The summed E-state index contributed by atoms with van der Waals surface area (Å²) in [4.78, 5) is 14.5. The Bertz CT molecular complexity index is 1300. The Morgan fingerprint density at radius 1 is 0.972 bits per heavy atom. The minimum atomic E-state index is -0.372. The molecular weight excluding hydrogens is 474 g/mol. The Hall–Kier alpha value is -4.53. The highest BCUT2D eigenvalue weighted by atomic mass is 35.5. The first kappa shape index (κ1) is 26.1. The topological polar surface area (TPSA) is 117 Å². The predicted octanol–water partition coefficient (Wildman–Crippen LogP) is 6.16. The van der Waals surface area contributed by atoms with E-state index in [1.807, 2.05) is 36.1 Å². The lowest BCUT2D eigenvalue weighted by molar-refractivity contribution is 0.0955. The zero-order chi connectivity index (χ0) is 25.8. The van der Waals surface area contributed by atoms with Gasteiger partial charge < -0.3 is 4.90 Å². The van der Waals surface area contributed by atoms with Crippen LogP contribution in [0.2, 0.25) is 5.02 Å². The lowest BCUT2D eigenvalue weighted by atomic mass is 10.1. The molecule has 3 aromatic carbocycles. The number of nitriles is 2. The molecule has 36 heavy (non-hydrogen) atoms. The maximum Gasteiger partial charge on any atom is 0.271 e. The maximum atomic E-state index is 12.6. The number of rotatable bonds is 9. The Kier molecular flexibility index (Phi) is 9.69. The first-order chi connectivity index (χ1) is 17.5. The zero-order valence-corrected chi connectivity index (χ0v) is 20.5. The van der Waals surface area contributed by atoms with Crippen molar-refractivity contribution in [2.45, 2.75) is 19.8 Å². The average molecular weight is 498 g/mol. The summed E-state index contributed by atoms with van der Waals surface area (Å²) < 4.78 is 0. The summed E-state index contributed by atoms with van der Waals surface area (Å²) in [6, 6.07) is 25.6. The van der Waals surface area contributed by atoms with Crippen molar-refractivity contribution in [2.75, 3.05) is 18.0 Å². The molecule has 3 rings (SSSR count). The van der Waals surface area contributed by atoms with Crippen molar-refractivity contribution in [2.24, 2.45) is 15.3 Å². The number of nitrogens with one attached hydrogen (secondary N) is 1. The standard InChI is InChI=1S/C27H24ClN7O/c1-20-19-24(35(17-5-15-29)18-6-16-30)13-14-25(20)26(32-31-23-11-9-22(28)10-12-23)33-34-27(36)21-7-3-2-4-8-21/h2-4,7-14,19H,5-6,17-18H2,1H3,(H,34,36)/b32-31?,33-26-. The van der Waals surface area contributed by atoms with Crippen molar-refractivity contribution >= 4 is 34.7 Å². The highest BCUT2D eigenvalue weighted by Crippen LogP contribution is 2.22. The number of hydrazone groups is 1. The molecule has 0 heterocycles. The molecule has 180 valence electrons. The Morgan fingerprint density at radius 2 is 1.64 bits per heavy atom. The van der Waals surface area contributed by atoms with E-state index in [0.29, 0.717) is 47.8 Å². The van der Waals surface area contributed by atoms with Crippen LogP contribution in [0, 0.1) is 29.6 Å². The molecule has 0 saturated heterocycles. The van der Waals surface area contributed by atoms with E-state index >= 15 is 0 Å². The summed E-state index contributed by atoms with van der Waals surface area (Å²) >= 11 is 5.95. The number of azo groups is 1. The molecule has 9 heteroatoms. The van der Waals surface area contributed by atoms with Crippen molar-refractivity contribution in [3.8, 4) is 12.1 Å². The van der Waals surface area contributed by atoms with Crippen LogP contribution in [0.25, 0.3) is 0 Å². The van der Waals surface area contributed by atoms with Crippen LogP contribution in [0.15, 0.2) is 88.1 Å². The van der Waals surface area contributed by atoms with Crippen molar-refractivity contribution in [3.05, 3.63) is 94.5 Å². The van der Waals surface area contributed by atoms with Gasteiger partial charge >= 0.3 is 0 Å². The summed E-state index contributed by atoms with van der Waals surface area (Å²) in [5, 5.41) is 31.4. The number of benzene rings is 3. The summed E-state index contributed by atoms with van der Waals surface area (Å²) in [5.74, 6) is -0.151. The molecule has 0 aromatic heterocycles. The quantitative estimate of drug-likeness (QED) is 0.165. The molecule has 0 aliphatic rings. The van der Waals surface area contributed by atoms with E-state index in [9.17, 15) is 4.79 Å². The van der Waals surface area contributed by atoms with Crippen molar-refractivity contribution in [1.82, 2.24) is 5.43 Å². The number of hydrogen-bond donors (Lipinski definition) is 1. The van der Waals surface area contributed by atoms with E-state index in [1.54, 1.807) is 48.5 Å². The normalized spacial score (nSPS) is 11.1. The number of halogens is 1. The molecule has 0 radical (unpaired) electrons. The molecule has 0 fully saturated rings. The molecule has 1 N–H and O–H groups in total. The largest absolute Gasteiger partial charge is 0.369 e. The van der Waals surface area contributed by atoms with Crippen molar-refractivity contribution < 1.29 is 4.79 Å². The third-order valence-electron chi connectivity index (χ3n) is 5.19. The van der Waals surface area contributed by atoms with Gasteiger partial charge in [-0.25, -0.2) is 5.43 Å². The Morgan fingerprint density at radius 3 is 2.25 bits per heavy atom. The van der Waals surface area contributed by atoms with Gasteiger partial charge in [0.15, 0.2) is 0 Å². The Labute approximate surface area is 215 Å². The van der Waals surface area contributed by atoms with Gasteiger partial charge in [-0.3, -0.25) is 4.79 Å². The summed E-state index contributed by atoms with van der Waals surface area (Å²) in [5.41, 5.74) is 5.99. The molecule has 8 nitrogen and oxygen atoms in total. The average Bonchev–Trinajstić information content (AvgIpc) is 2.90. The van der Waals surface area contributed by atoms with Gasteiger partial charge in [0.1, 0.15) is 0 Å². The third kappa shape index (κ3) is 7.49. The van der Waals surface area contributed by atoms with E-state index in [2.05, 4.69) is 32.9 Å². The van der Waals surface area contributed by atoms with Crippen molar-refractivity contribution in [3.63, 3.8) is 0 Å². The minimum Gasteiger partial charge on any atom is -0.369 e. The fourth-order valence-corrected chi connectivity index (χ4v) is 3.47. The van der Waals surface area contributed by atoms with Crippen LogP contribution in [0.1, 0.15) is 34.3 Å². The van der Waals surface area contributed by atoms with Gasteiger partial charge in [-0.2, -0.15) is 10.5 Å². The van der Waals surface area contributed by atoms with E-state index in [-0.39, 0.29) is 11.7 Å². The van der Waals surface area contributed by atoms with Gasteiger partial charge in [0.2, 0.25) is 5.84 Å². The summed E-state index contributed by atoms with van der Waals surface area (Å²) in [7, 11) is 0. The number of amidine groups is 1. The molecule has 0 bridgehead atoms. The van der Waals surface area contributed by atoms with E-state index < -0.39 is 0 Å². The fraction of sp³-hybridized carbons (Fsp3) is 0.185. The number of nitrogens with zero attached hydrogens (tertiary/aromatic N) is 6. The van der Waals surface area contributed by atoms with Crippen LogP contribution in [-0.4, -0.2) is 24.8 Å². The molecule has 0 spiro atoms. The van der Waals surface area contributed by atoms with Crippen molar-refractivity contribution in [1.29, 1.82) is 10.5 Å². The minimum absolute atomic E-state index is 0.221. The van der Waals surface area contributed by atoms with Gasteiger partial charge in [0.25, 0.3) is 5.91 Å². The van der Waals surface area contributed by atoms with Gasteiger partial charge in [-0.1, -0.05) is 29.8 Å². The predicted molar refractivity (Wildman–Crippen MR) is 140 cm³/mol. The number of anilines is 1. The molecule has 0 aliphatic heterocycles. The van der Waals surface area contributed by atoms with Crippen LogP contribution in [0.5, 0.6) is 0 Å². The highest BCUT2D eigenvalue weighted by molar-refractivity contribution is 6.30. The van der Waals surface area contributed by atoms with Crippen LogP contribution in [0.3, 0.4) is 0 Å². The van der Waals surface area contributed by atoms with Gasteiger partial charge in [0, 0.05) is 34.9 Å². The van der Waals surface area contributed by atoms with Crippen LogP contribution in [0.4, 0.5) is 11.4 Å². The zero-order valence-electron chi connectivity index (χ0n) is 19.7. The van der Waals surface area contributed by atoms with Crippen LogP contribution in [-0.2, 0) is 0 Å². The Balaban J connectivity index is 1.93. The van der Waals surface area contributed by atoms with E-state index in [0.717, 1.165) is 11.3 Å². The van der Waals surface area contributed by atoms with Crippen LogP contribution >= 0.6 is 11.6 Å². The second-order valence-corrected chi connectivity index (χ2v) is 8.16. The monoisotopic (exact) mass is 497 g/mol. The SMILES string of the molecule is Cc1cc(N(CCC#N)CCC#N)ccc1/C(N=Nc1ccc(Cl)cc1)=N/NC(=O)c1ccccc1. The number of carbonyl (C=O) groups is 1. The third-order valence-corrected chi connectivity index (χ3v) is 5.44. The van der Waals surface area contributed by atoms with E-state index in [1.165, 1.54) is 0 Å². The molecule has 0 aliphatic carbocycles. The second-order valence-electron chi connectivity index (χ2n) is 7.72. The summed E-state index contributed by atoms with van der Waals surface area (Å²) in [6.07, 6.45) is 0.694. The molecular formula is C27H24ClN7O. The molecule has 0 saturated carbocycles. The number of hydrogen-bond acceptors (Lipinski definition) is 6. The van der Waals surface area contributed by atoms with Gasteiger partial charge in [-0.05, 0) is 67.1 Å². The fourth-order valence-electron chi connectivity index (χ4n) is 3.34. The lowest BCUT2D eigenvalue weighted by Crippen LogP contribution is -2.25. The lowest BCUT2D eigenvalue weighted by Gasteiger charge is -2.23. The van der Waals surface area contributed by atoms with Crippen LogP contribution < -0.4 is 10.3 Å². The smallest absolute Gasteiger partial charge is 0.271 e. The van der Waals surface area contributed by atoms with Gasteiger partial charge in [0.05, 0.1) is 30.7 Å². The number of aryl methyl sites for hydroxylation is 1. The molecule has 0 atom stereocenters. The van der Waals surface area contributed by atoms with E-state index in [4.69, 9.17) is 22.1 Å². The number of amides is 1.